The van der Waals surface area contributed by atoms with Gasteiger partial charge in [0.1, 0.15) is 6.23 Å². The number of Topliss-reactive ketones (excluding diaryl/α,β-unsaturated/α-hetero) is 1. The number of carbonyl (C=O) groups is 1. The number of hydrogen-bond acceptors (Lipinski definition) is 3. The van der Waals surface area contributed by atoms with Crippen LogP contribution in [0.2, 0.25) is 0 Å². The van der Waals surface area contributed by atoms with Gasteiger partial charge in [0, 0.05) is 12.3 Å². The first-order valence-corrected chi connectivity index (χ1v) is 3.44. The van der Waals surface area contributed by atoms with Crippen molar-refractivity contribution < 1.29 is 9.90 Å². The Kier molecular flexibility index (Phi) is 2.17. The van der Waals surface area contributed by atoms with Crippen molar-refractivity contribution in [3.8, 4) is 0 Å². The Bertz CT molecular complexity index is 165. The number of nitrogens with zero attached hydrogens (tertiary/aromatic N) is 1. The van der Waals surface area contributed by atoms with E-state index in [1.165, 1.54) is 6.21 Å². The summed E-state index contributed by atoms with van der Waals surface area (Å²) in [4.78, 5) is 14.4. The maximum atomic E-state index is 10.7. The standard InChI is InChI=1S/C7H11NO2/c1-5-2-3-6(9)4-8-7(5)10/h4-5,7,10H,2-3H2,1H3. The van der Waals surface area contributed by atoms with Crippen LogP contribution < -0.4 is 0 Å². The molecule has 1 rings (SSSR count). The molecule has 56 valence electrons. The summed E-state index contributed by atoms with van der Waals surface area (Å²) >= 11 is 0. The highest BCUT2D eigenvalue weighted by Gasteiger charge is 2.16. The molecule has 0 aromatic heterocycles. The van der Waals surface area contributed by atoms with Crippen LogP contribution in [0.4, 0.5) is 0 Å². The SMILES string of the molecule is CC1CCC(=O)C=NC1O. The fourth-order valence-electron chi connectivity index (χ4n) is 0.890. The summed E-state index contributed by atoms with van der Waals surface area (Å²) < 4.78 is 0. The van der Waals surface area contributed by atoms with Crippen LogP contribution in [-0.2, 0) is 4.79 Å². The maximum absolute atomic E-state index is 10.7. The van der Waals surface area contributed by atoms with E-state index < -0.39 is 6.23 Å². The van der Waals surface area contributed by atoms with Crippen LogP contribution in [0.3, 0.4) is 0 Å². The highest BCUT2D eigenvalue weighted by atomic mass is 16.3. The van der Waals surface area contributed by atoms with Crippen LogP contribution in [0.15, 0.2) is 4.99 Å². The van der Waals surface area contributed by atoms with Gasteiger partial charge < -0.3 is 5.11 Å². The number of rotatable bonds is 0. The molecule has 1 aliphatic rings. The quantitative estimate of drug-likeness (QED) is 0.530. The van der Waals surface area contributed by atoms with Gasteiger partial charge in [-0.15, -0.1) is 0 Å². The average molecular weight is 141 g/mol. The van der Waals surface area contributed by atoms with Crippen molar-refractivity contribution in [1.29, 1.82) is 0 Å². The third kappa shape index (κ3) is 1.64. The minimum Gasteiger partial charge on any atom is -0.372 e. The molecule has 0 saturated heterocycles. The van der Waals surface area contributed by atoms with E-state index in [2.05, 4.69) is 4.99 Å². The Morgan fingerprint density at radius 2 is 2.50 bits per heavy atom. The van der Waals surface area contributed by atoms with E-state index >= 15 is 0 Å². The van der Waals surface area contributed by atoms with Gasteiger partial charge in [-0.25, -0.2) is 0 Å². The summed E-state index contributed by atoms with van der Waals surface area (Å²) in [6.45, 7) is 1.89. The summed E-state index contributed by atoms with van der Waals surface area (Å²) in [6, 6.07) is 0. The third-order valence-corrected chi connectivity index (χ3v) is 1.73. The molecule has 1 heterocycles. The van der Waals surface area contributed by atoms with E-state index in [9.17, 15) is 4.79 Å². The van der Waals surface area contributed by atoms with E-state index in [-0.39, 0.29) is 11.7 Å². The van der Waals surface area contributed by atoms with Gasteiger partial charge in [0.25, 0.3) is 0 Å². The van der Waals surface area contributed by atoms with Crippen LogP contribution >= 0.6 is 0 Å². The molecule has 0 amide bonds. The zero-order chi connectivity index (χ0) is 7.56. The lowest BCUT2D eigenvalue weighted by atomic mass is 10.0. The lowest BCUT2D eigenvalue weighted by Crippen LogP contribution is -2.12. The topological polar surface area (TPSA) is 49.7 Å². The van der Waals surface area contributed by atoms with Crippen LogP contribution in [0.25, 0.3) is 0 Å². The summed E-state index contributed by atoms with van der Waals surface area (Å²) in [5, 5.41) is 9.13. The molecule has 0 spiro atoms. The smallest absolute Gasteiger partial charge is 0.173 e. The molecule has 0 aromatic carbocycles. The molecule has 0 radical (unpaired) electrons. The van der Waals surface area contributed by atoms with Crippen LogP contribution in [0, 0.1) is 5.92 Å². The van der Waals surface area contributed by atoms with Gasteiger partial charge in [-0.3, -0.25) is 9.79 Å². The van der Waals surface area contributed by atoms with Crippen LogP contribution in [-0.4, -0.2) is 23.3 Å². The number of aliphatic hydroxyl groups excluding tert-OH is 1. The Morgan fingerprint density at radius 1 is 1.80 bits per heavy atom. The van der Waals surface area contributed by atoms with Gasteiger partial charge in [0.2, 0.25) is 0 Å². The lowest BCUT2D eigenvalue weighted by molar-refractivity contribution is -0.112. The molecule has 0 fully saturated rings. The highest BCUT2D eigenvalue weighted by molar-refractivity contribution is 6.27. The summed E-state index contributed by atoms with van der Waals surface area (Å²) in [5.41, 5.74) is 0. The molecule has 0 bridgehead atoms. The predicted molar refractivity (Wildman–Crippen MR) is 37.9 cm³/mol. The second-order valence-electron chi connectivity index (χ2n) is 2.67. The molecule has 10 heavy (non-hydrogen) atoms. The molecule has 0 aliphatic carbocycles. The average Bonchev–Trinajstić information content (AvgIpc) is 2.04. The molecule has 0 saturated carbocycles. The Morgan fingerprint density at radius 3 is 3.20 bits per heavy atom. The molecular formula is C7H11NO2. The van der Waals surface area contributed by atoms with Crippen LogP contribution in [0.1, 0.15) is 19.8 Å². The van der Waals surface area contributed by atoms with E-state index in [0.717, 1.165) is 6.42 Å². The second-order valence-corrected chi connectivity index (χ2v) is 2.67. The van der Waals surface area contributed by atoms with Gasteiger partial charge >= 0.3 is 0 Å². The number of aliphatic imine (C=N–C) groups is 1. The van der Waals surface area contributed by atoms with Gasteiger partial charge in [0.05, 0.1) is 6.21 Å². The second kappa shape index (κ2) is 2.92. The molecular weight excluding hydrogens is 130 g/mol. The summed E-state index contributed by atoms with van der Waals surface area (Å²) in [6.07, 6.45) is 1.81. The van der Waals surface area contributed by atoms with Crippen molar-refractivity contribution in [3.05, 3.63) is 0 Å². The first kappa shape index (κ1) is 7.41. The fourth-order valence-corrected chi connectivity index (χ4v) is 0.890. The maximum Gasteiger partial charge on any atom is 0.173 e. The van der Waals surface area contributed by atoms with Gasteiger partial charge in [-0.2, -0.15) is 0 Å². The van der Waals surface area contributed by atoms with Crippen molar-refractivity contribution in [1.82, 2.24) is 0 Å². The third-order valence-electron chi connectivity index (χ3n) is 1.73. The monoisotopic (exact) mass is 141 g/mol. The summed E-state index contributed by atoms with van der Waals surface area (Å²) in [7, 11) is 0. The Hall–Kier alpha value is -0.700. The van der Waals surface area contributed by atoms with Crippen molar-refractivity contribution in [2.24, 2.45) is 10.9 Å². The van der Waals surface area contributed by atoms with Crippen molar-refractivity contribution in [3.63, 3.8) is 0 Å². The lowest BCUT2D eigenvalue weighted by Gasteiger charge is -2.09. The summed E-state index contributed by atoms with van der Waals surface area (Å²) in [5.74, 6) is 0.131. The minimum absolute atomic E-state index is 0.0170. The molecule has 3 heteroatoms. The first-order chi connectivity index (χ1) is 4.70. The number of hydrogen-bond donors (Lipinski definition) is 1. The van der Waals surface area contributed by atoms with Gasteiger partial charge in [0.15, 0.2) is 5.78 Å². The number of ketones is 1. The zero-order valence-corrected chi connectivity index (χ0v) is 5.95. The van der Waals surface area contributed by atoms with Crippen molar-refractivity contribution >= 4 is 12.0 Å². The van der Waals surface area contributed by atoms with E-state index in [1.54, 1.807) is 0 Å². The molecule has 1 N–H and O–H groups in total. The minimum atomic E-state index is -0.675. The predicted octanol–water partition coefficient (Wildman–Crippen LogP) is 0.375. The van der Waals surface area contributed by atoms with Crippen molar-refractivity contribution in [2.75, 3.05) is 0 Å². The van der Waals surface area contributed by atoms with Crippen molar-refractivity contribution in [2.45, 2.75) is 26.0 Å². The molecule has 2 unspecified atom stereocenters. The first-order valence-electron chi connectivity index (χ1n) is 3.44. The van der Waals surface area contributed by atoms with E-state index in [1.807, 2.05) is 6.92 Å². The Balaban J connectivity index is 2.62. The molecule has 2 atom stereocenters. The number of aliphatic hydroxyl groups is 1. The number of carbonyl (C=O) groups excluding carboxylic acids is 1. The molecule has 0 aromatic rings. The zero-order valence-electron chi connectivity index (χ0n) is 5.95. The van der Waals surface area contributed by atoms with E-state index in [4.69, 9.17) is 5.11 Å². The fraction of sp³-hybridized carbons (Fsp3) is 0.714. The molecule has 3 nitrogen and oxygen atoms in total. The van der Waals surface area contributed by atoms with E-state index in [0.29, 0.717) is 6.42 Å². The highest BCUT2D eigenvalue weighted by Crippen LogP contribution is 2.14. The van der Waals surface area contributed by atoms with Gasteiger partial charge in [-0.05, 0) is 6.42 Å². The normalized spacial score (nSPS) is 34.0. The Labute approximate surface area is 59.8 Å². The molecule has 1 aliphatic heterocycles. The van der Waals surface area contributed by atoms with Gasteiger partial charge in [-0.1, -0.05) is 6.92 Å². The largest absolute Gasteiger partial charge is 0.372 e. The van der Waals surface area contributed by atoms with Crippen LogP contribution in [0.5, 0.6) is 0 Å².